The van der Waals surface area contributed by atoms with Crippen LogP contribution < -0.4 is 0 Å². The maximum Gasteiger partial charge on any atom is 0.339 e. The van der Waals surface area contributed by atoms with E-state index in [1.165, 1.54) is 6.20 Å². The first kappa shape index (κ1) is 14.5. The molecular formula is C9H13NO5S. The van der Waals surface area contributed by atoms with Gasteiger partial charge in [0.1, 0.15) is 0 Å². The number of carbonyl (C=O) groups excluding carboxylic acids is 1. The van der Waals surface area contributed by atoms with Crippen LogP contribution >= 0.6 is 0 Å². The molecule has 0 aliphatic rings. The van der Waals surface area contributed by atoms with Gasteiger partial charge in [0.25, 0.3) is 10.1 Å². The fourth-order valence-electron chi connectivity index (χ4n) is 0.698. The van der Waals surface area contributed by atoms with Crippen molar-refractivity contribution in [3.8, 4) is 0 Å². The summed E-state index contributed by atoms with van der Waals surface area (Å²) in [7, 11) is -3.67. The van der Waals surface area contributed by atoms with E-state index in [9.17, 15) is 13.2 Å². The Morgan fingerprint density at radius 1 is 1.56 bits per heavy atom. The van der Waals surface area contributed by atoms with Gasteiger partial charge in [-0.2, -0.15) is 8.42 Å². The van der Waals surface area contributed by atoms with Gasteiger partial charge in [-0.05, 0) is 19.1 Å². The average Bonchev–Trinajstić information content (AvgIpc) is 2.17. The molecule has 1 aromatic heterocycles. The summed E-state index contributed by atoms with van der Waals surface area (Å²) in [6.45, 7) is 2.17. The largest absolute Gasteiger partial charge is 0.462 e. The third-order valence-electron chi connectivity index (χ3n) is 1.17. The van der Waals surface area contributed by atoms with Crippen LogP contribution in [0.4, 0.5) is 0 Å². The topological polar surface area (TPSA) is 93.6 Å². The summed E-state index contributed by atoms with van der Waals surface area (Å²) in [5.74, 6) is -0.319. The molecule has 6 nitrogen and oxygen atoms in total. The van der Waals surface area contributed by atoms with Crippen molar-refractivity contribution < 1.29 is 22.5 Å². The second-order valence-corrected chi connectivity index (χ2v) is 4.16. The Morgan fingerprint density at radius 2 is 2.12 bits per heavy atom. The predicted molar refractivity (Wildman–Crippen MR) is 57.7 cm³/mol. The Labute approximate surface area is 94.0 Å². The number of hydrogen-bond donors (Lipinski definition) is 1. The van der Waals surface area contributed by atoms with Crippen molar-refractivity contribution in [2.24, 2.45) is 0 Å². The molecule has 0 saturated heterocycles. The highest BCUT2D eigenvalue weighted by Crippen LogP contribution is 1.97. The minimum Gasteiger partial charge on any atom is -0.462 e. The van der Waals surface area contributed by atoms with Gasteiger partial charge in [0, 0.05) is 12.4 Å². The molecule has 0 aliphatic carbocycles. The molecule has 16 heavy (non-hydrogen) atoms. The molecule has 0 aliphatic heterocycles. The third-order valence-corrected chi connectivity index (χ3v) is 1.17. The zero-order chi connectivity index (χ0) is 12.6. The van der Waals surface area contributed by atoms with E-state index in [0.717, 1.165) is 0 Å². The van der Waals surface area contributed by atoms with E-state index < -0.39 is 10.1 Å². The van der Waals surface area contributed by atoms with Crippen LogP contribution in [0.5, 0.6) is 0 Å². The molecule has 1 N–H and O–H groups in total. The zero-order valence-corrected chi connectivity index (χ0v) is 9.77. The molecular weight excluding hydrogens is 234 g/mol. The molecule has 0 radical (unpaired) electrons. The lowest BCUT2D eigenvalue weighted by atomic mass is 10.3. The number of ether oxygens (including phenoxy) is 1. The Morgan fingerprint density at radius 3 is 2.50 bits per heavy atom. The van der Waals surface area contributed by atoms with E-state index in [1.54, 1.807) is 25.3 Å². The first-order chi connectivity index (χ1) is 7.34. The van der Waals surface area contributed by atoms with Gasteiger partial charge in [0.05, 0.1) is 18.4 Å². The van der Waals surface area contributed by atoms with Gasteiger partial charge in [-0.1, -0.05) is 0 Å². The van der Waals surface area contributed by atoms with Crippen molar-refractivity contribution >= 4 is 16.1 Å². The molecule has 0 bridgehead atoms. The van der Waals surface area contributed by atoms with E-state index in [1.807, 2.05) is 0 Å². The summed E-state index contributed by atoms with van der Waals surface area (Å²) in [5, 5.41) is 0. The number of rotatable bonds is 2. The van der Waals surface area contributed by atoms with E-state index in [0.29, 0.717) is 18.4 Å². The average molecular weight is 247 g/mol. The molecule has 1 rings (SSSR count). The number of aromatic nitrogens is 1. The number of pyridine rings is 1. The normalized spacial score (nSPS) is 9.94. The van der Waals surface area contributed by atoms with Crippen molar-refractivity contribution in [2.75, 3.05) is 12.9 Å². The molecule has 0 atom stereocenters. The highest BCUT2D eigenvalue weighted by molar-refractivity contribution is 7.85. The Balaban J connectivity index is 0.000000385. The molecule has 0 amide bonds. The number of nitrogens with zero attached hydrogens (tertiary/aromatic N) is 1. The van der Waals surface area contributed by atoms with Crippen molar-refractivity contribution in [3.05, 3.63) is 30.1 Å². The van der Waals surface area contributed by atoms with Crippen molar-refractivity contribution in [1.29, 1.82) is 0 Å². The minimum atomic E-state index is -3.67. The molecule has 90 valence electrons. The SMILES string of the molecule is CCOC(=O)c1cccnc1.CS(=O)(=O)O. The Hall–Kier alpha value is -1.47. The van der Waals surface area contributed by atoms with E-state index in [4.69, 9.17) is 9.29 Å². The highest BCUT2D eigenvalue weighted by atomic mass is 32.2. The Bertz CT molecular complexity index is 407. The van der Waals surface area contributed by atoms with Crippen LogP contribution in [0.1, 0.15) is 17.3 Å². The fourth-order valence-corrected chi connectivity index (χ4v) is 0.698. The quantitative estimate of drug-likeness (QED) is 0.612. The van der Waals surface area contributed by atoms with Crippen LogP contribution in [0.3, 0.4) is 0 Å². The van der Waals surface area contributed by atoms with Crippen molar-refractivity contribution in [3.63, 3.8) is 0 Å². The lowest BCUT2D eigenvalue weighted by Crippen LogP contribution is -2.04. The molecule has 0 spiro atoms. The summed E-state index contributed by atoms with van der Waals surface area (Å²) in [6.07, 6.45) is 3.81. The van der Waals surface area contributed by atoms with Crippen LogP contribution in [0, 0.1) is 0 Å². The van der Waals surface area contributed by atoms with E-state index >= 15 is 0 Å². The van der Waals surface area contributed by atoms with Crippen molar-refractivity contribution in [2.45, 2.75) is 6.92 Å². The third kappa shape index (κ3) is 9.10. The van der Waals surface area contributed by atoms with Gasteiger partial charge in [0.15, 0.2) is 0 Å². The van der Waals surface area contributed by atoms with Crippen molar-refractivity contribution in [1.82, 2.24) is 4.98 Å². The minimum absolute atomic E-state index is 0.319. The molecule has 1 heterocycles. The molecule has 7 heteroatoms. The first-order valence-electron chi connectivity index (χ1n) is 4.34. The molecule has 1 aromatic rings. The second-order valence-electron chi connectivity index (χ2n) is 2.70. The summed E-state index contributed by atoms with van der Waals surface area (Å²) < 4.78 is 30.6. The summed E-state index contributed by atoms with van der Waals surface area (Å²) in [4.78, 5) is 14.8. The maximum absolute atomic E-state index is 11.0. The van der Waals surface area contributed by atoms with Crippen LogP contribution in [0.25, 0.3) is 0 Å². The number of carbonyl (C=O) groups is 1. The predicted octanol–water partition coefficient (Wildman–Crippen LogP) is 0.762. The lowest BCUT2D eigenvalue weighted by Gasteiger charge is -1.98. The van der Waals surface area contributed by atoms with Crippen LogP contribution in [0.2, 0.25) is 0 Å². The van der Waals surface area contributed by atoms with Gasteiger partial charge in [0.2, 0.25) is 0 Å². The van der Waals surface area contributed by atoms with Gasteiger partial charge < -0.3 is 4.74 Å². The number of esters is 1. The van der Waals surface area contributed by atoms with Crippen LogP contribution in [-0.4, -0.2) is 36.8 Å². The van der Waals surface area contributed by atoms with Gasteiger partial charge in [-0.3, -0.25) is 9.54 Å². The van der Waals surface area contributed by atoms with Crippen LogP contribution in [0.15, 0.2) is 24.5 Å². The lowest BCUT2D eigenvalue weighted by molar-refractivity contribution is 0.0526. The summed E-state index contributed by atoms with van der Waals surface area (Å²) in [6, 6.07) is 3.37. The number of hydrogen-bond acceptors (Lipinski definition) is 5. The highest BCUT2D eigenvalue weighted by Gasteiger charge is 2.03. The van der Waals surface area contributed by atoms with Gasteiger partial charge in [-0.15, -0.1) is 0 Å². The monoisotopic (exact) mass is 247 g/mol. The first-order valence-corrected chi connectivity index (χ1v) is 6.19. The maximum atomic E-state index is 11.0. The standard InChI is InChI=1S/C8H9NO2.CH4O3S/c1-2-11-8(10)7-4-3-5-9-6-7;1-5(2,3)4/h3-6H,2H2,1H3;1H3,(H,2,3,4). The van der Waals surface area contributed by atoms with Gasteiger partial charge in [-0.25, -0.2) is 4.79 Å². The summed E-state index contributed by atoms with van der Waals surface area (Å²) >= 11 is 0. The second kappa shape index (κ2) is 6.91. The summed E-state index contributed by atoms with van der Waals surface area (Å²) in [5.41, 5.74) is 0.495. The van der Waals surface area contributed by atoms with E-state index in [-0.39, 0.29) is 5.97 Å². The molecule has 0 unspecified atom stereocenters. The van der Waals surface area contributed by atoms with E-state index in [2.05, 4.69) is 4.98 Å². The molecule has 0 saturated carbocycles. The zero-order valence-electron chi connectivity index (χ0n) is 8.95. The Kier molecular flexibility index (Phi) is 6.28. The smallest absolute Gasteiger partial charge is 0.339 e. The van der Waals surface area contributed by atoms with Crippen LogP contribution in [-0.2, 0) is 14.9 Å². The molecule has 0 aromatic carbocycles. The van der Waals surface area contributed by atoms with Gasteiger partial charge >= 0.3 is 5.97 Å². The fraction of sp³-hybridized carbons (Fsp3) is 0.333. The molecule has 0 fully saturated rings.